The summed E-state index contributed by atoms with van der Waals surface area (Å²) in [4.78, 5) is 12.6. The molecule has 0 atom stereocenters. The van der Waals surface area contributed by atoms with Crippen LogP contribution in [0.15, 0.2) is 65.6 Å². The lowest BCUT2D eigenvalue weighted by molar-refractivity contribution is 0.0954. The third kappa shape index (κ3) is 5.84. The van der Waals surface area contributed by atoms with Gasteiger partial charge < -0.3 is 24.3 Å². The Bertz CT molecular complexity index is 1330. The molecular weight excluding hydrogens is 472 g/mol. The predicted molar refractivity (Wildman–Crippen MR) is 129 cm³/mol. The van der Waals surface area contributed by atoms with Crippen LogP contribution >= 0.6 is 0 Å². The van der Waals surface area contributed by atoms with Crippen molar-refractivity contribution >= 4 is 15.9 Å². The van der Waals surface area contributed by atoms with E-state index in [0.29, 0.717) is 36.0 Å². The van der Waals surface area contributed by atoms with E-state index in [2.05, 4.69) is 10.0 Å². The molecule has 0 radical (unpaired) electrons. The topological polar surface area (TPSA) is 112 Å². The van der Waals surface area contributed by atoms with Gasteiger partial charge in [-0.3, -0.25) is 4.79 Å². The Balaban J connectivity index is 1.35. The van der Waals surface area contributed by atoms with Crippen LogP contribution in [0.3, 0.4) is 0 Å². The number of nitrogens with one attached hydrogen (secondary N) is 2. The lowest BCUT2D eigenvalue weighted by atomic mass is 10.1. The van der Waals surface area contributed by atoms with Crippen molar-refractivity contribution < 1.29 is 32.2 Å². The largest absolute Gasteiger partial charge is 0.493 e. The summed E-state index contributed by atoms with van der Waals surface area (Å²) in [6.45, 7) is 0.585. The third-order valence-corrected chi connectivity index (χ3v) is 6.86. The molecule has 1 amide bonds. The Morgan fingerprint density at radius 1 is 0.914 bits per heavy atom. The summed E-state index contributed by atoms with van der Waals surface area (Å²) in [5.74, 6) is 2.08. The van der Waals surface area contributed by atoms with Gasteiger partial charge in [-0.1, -0.05) is 18.2 Å². The third-order valence-electron chi connectivity index (χ3n) is 5.46. The Morgan fingerprint density at radius 2 is 1.69 bits per heavy atom. The van der Waals surface area contributed by atoms with Crippen molar-refractivity contribution in [3.8, 4) is 23.0 Å². The number of carbonyl (C=O) groups is 1. The van der Waals surface area contributed by atoms with Gasteiger partial charge in [0.1, 0.15) is 0 Å². The van der Waals surface area contributed by atoms with Crippen LogP contribution in [-0.2, 0) is 23.0 Å². The number of amides is 1. The lowest BCUT2D eigenvalue weighted by Gasteiger charge is -2.11. The van der Waals surface area contributed by atoms with Gasteiger partial charge in [0, 0.05) is 18.7 Å². The zero-order chi connectivity index (χ0) is 24.8. The van der Waals surface area contributed by atoms with Crippen LogP contribution in [0.25, 0.3) is 0 Å². The Labute approximate surface area is 204 Å². The number of rotatable bonds is 10. The van der Waals surface area contributed by atoms with E-state index in [9.17, 15) is 13.2 Å². The molecule has 184 valence electrons. The minimum absolute atomic E-state index is 0.00536. The highest BCUT2D eigenvalue weighted by atomic mass is 32.2. The Kier molecular flexibility index (Phi) is 7.42. The van der Waals surface area contributed by atoms with E-state index in [1.54, 1.807) is 50.6 Å². The quantitative estimate of drug-likeness (QED) is 0.442. The van der Waals surface area contributed by atoms with E-state index in [1.807, 2.05) is 12.1 Å². The van der Waals surface area contributed by atoms with Crippen LogP contribution in [0.1, 0.15) is 21.5 Å². The molecule has 1 aliphatic rings. The lowest BCUT2D eigenvalue weighted by Crippen LogP contribution is -2.27. The molecule has 0 bridgehead atoms. The van der Waals surface area contributed by atoms with Gasteiger partial charge >= 0.3 is 0 Å². The van der Waals surface area contributed by atoms with E-state index < -0.39 is 10.0 Å². The van der Waals surface area contributed by atoms with Crippen LogP contribution in [0, 0.1) is 0 Å². The number of ether oxygens (including phenoxy) is 4. The van der Waals surface area contributed by atoms with Crippen molar-refractivity contribution in [2.75, 3.05) is 27.6 Å². The molecule has 0 aromatic heterocycles. The zero-order valence-corrected chi connectivity index (χ0v) is 20.2. The number of carbonyl (C=O) groups excluding carboxylic acids is 1. The molecule has 0 aliphatic carbocycles. The standard InChI is InChI=1S/C25H26N2O7S/c1-31-21-8-6-17(12-23(21)32-2)10-11-26-25(28)19-4-3-5-20(14-19)35(29,30)27-15-18-7-9-22-24(13-18)34-16-33-22/h3-9,12-14,27H,10-11,15-16H2,1-2H3,(H,26,28). The molecule has 0 spiro atoms. The Morgan fingerprint density at radius 3 is 2.49 bits per heavy atom. The van der Waals surface area contributed by atoms with Crippen LogP contribution in [0.5, 0.6) is 23.0 Å². The van der Waals surface area contributed by atoms with E-state index in [1.165, 1.54) is 12.1 Å². The van der Waals surface area contributed by atoms with Gasteiger partial charge in [-0.25, -0.2) is 13.1 Å². The average molecular weight is 499 g/mol. The fourth-order valence-electron chi connectivity index (χ4n) is 3.58. The predicted octanol–water partition coefficient (Wildman–Crippen LogP) is 2.88. The first-order chi connectivity index (χ1) is 16.9. The second-order valence-corrected chi connectivity index (χ2v) is 9.50. The summed E-state index contributed by atoms with van der Waals surface area (Å²) < 4.78 is 49.3. The minimum atomic E-state index is -3.83. The minimum Gasteiger partial charge on any atom is -0.493 e. The highest BCUT2D eigenvalue weighted by Gasteiger charge is 2.18. The molecule has 0 fully saturated rings. The van der Waals surface area contributed by atoms with Crippen molar-refractivity contribution in [2.45, 2.75) is 17.9 Å². The number of hydrogen-bond acceptors (Lipinski definition) is 7. The molecule has 35 heavy (non-hydrogen) atoms. The Hall–Kier alpha value is -3.76. The van der Waals surface area contributed by atoms with Crippen LogP contribution in [0.2, 0.25) is 0 Å². The maximum absolute atomic E-state index is 12.8. The first-order valence-electron chi connectivity index (χ1n) is 10.9. The number of benzene rings is 3. The first-order valence-corrected chi connectivity index (χ1v) is 12.4. The number of hydrogen-bond donors (Lipinski definition) is 2. The summed E-state index contributed by atoms with van der Waals surface area (Å²) in [5.41, 5.74) is 1.94. The monoisotopic (exact) mass is 498 g/mol. The highest BCUT2D eigenvalue weighted by Crippen LogP contribution is 2.32. The zero-order valence-electron chi connectivity index (χ0n) is 19.4. The van der Waals surface area contributed by atoms with Crippen molar-refractivity contribution in [3.05, 3.63) is 77.4 Å². The molecule has 1 heterocycles. The molecule has 0 saturated heterocycles. The molecule has 10 heteroatoms. The summed E-state index contributed by atoms with van der Waals surface area (Å²) in [5, 5.41) is 2.82. The van der Waals surface area contributed by atoms with Crippen molar-refractivity contribution in [2.24, 2.45) is 0 Å². The molecule has 4 rings (SSSR count). The summed E-state index contributed by atoms with van der Waals surface area (Å²) in [6.07, 6.45) is 0.571. The van der Waals surface area contributed by atoms with Gasteiger partial charge in [-0.05, 0) is 60.0 Å². The van der Waals surface area contributed by atoms with Gasteiger partial charge in [0.05, 0.1) is 19.1 Å². The fourth-order valence-corrected chi connectivity index (χ4v) is 4.64. The second kappa shape index (κ2) is 10.7. The number of fused-ring (bicyclic) bond motifs is 1. The molecule has 0 unspecified atom stereocenters. The van der Waals surface area contributed by atoms with Crippen molar-refractivity contribution in [3.63, 3.8) is 0 Å². The van der Waals surface area contributed by atoms with Crippen LogP contribution < -0.4 is 29.0 Å². The van der Waals surface area contributed by atoms with E-state index >= 15 is 0 Å². The van der Waals surface area contributed by atoms with E-state index in [4.69, 9.17) is 18.9 Å². The van der Waals surface area contributed by atoms with Crippen molar-refractivity contribution in [1.82, 2.24) is 10.0 Å². The van der Waals surface area contributed by atoms with Gasteiger partial charge in [0.25, 0.3) is 5.91 Å². The number of methoxy groups -OCH3 is 2. The van der Waals surface area contributed by atoms with Crippen molar-refractivity contribution in [1.29, 1.82) is 0 Å². The highest BCUT2D eigenvalue weighted by molar-refractivity contribution is 7.89. The van der Waals surface area contributed by atoms with Crippen LogP contribution in [-0.4, -0.2) is 41.9 Å². The average Bonchev–Trinajstić information content (AvgIpc) is 3.35. The van der Waals surface area contributed by atoms with E-state index in [-0.39, 0.29) is 29.7 Å². The SMILES string of the molecule is COc1ccc(CCNC(=O)c2cccc(S(=O)(=O)NCc3ccc4c(c3)OCO4)c2)cc1OC. The van der Waals surface area contributed by atoms with Gasteiger partial charge in [0.2, 0.25) is 16.8 Å². The molecule has 2 N–H and O–H groups in total. The molecule has 1 aliphatic heterocycles. The smallest absolute Gasteiger partial charge is 0.251 e. The van der Waals surface area contributed by atoms with Gasteiger partial charge in [0.15, 0.2) is 23.0 Å². The normalized spacial score (nSPS) is 12.3. The molecule has 3 aromatic carbocycles. The first kappa shape index (κ1) is 24.4. The summed E-state index contributed by atoms with van der Waals surface area (Å²) in [7, 11) is -0.702. The van der Waals surface area contributed by atoms with Gasteiger partial charge in [-0.2, -0.15) is 0 Å². The van der Waals surface area contributed by atoms with Crippen LogP contribution in [0.4, 0.5) is 0 Å². The molecule has 0 saturated carbocycles. The maximum atomic E-state index is 12.8. The summed E-state index contributed by atoms with van der Waals surface area (Å²) >= 11 is 0. The maximum Gasteiger partial charge on any atom is 0.251 e. The number of sulfonamides is 1. The summed E-state index contributed by atoms with van der Waals surface area (Å²) in [6, 6.07) is 16.7. The second-order valence-electron chi connectivity index (χ2n) is 7.74. The fraction of sp³-hybridized carbons (Fsp3) is 0.240. The molecule has 9 nitrogen and oxygen atoms in total. The van der Waals surface area contributed by atoms with Gasteiger partial charge in [-0.15, -0.1) is 0 Å². The molecular formula is C25H26N2O7S. The molecule has 3 aromatic rings. The van der Waals surface area contributed by atoms with E-state index in [0.717, 1.165) is 11.1 Å².